The average molecular weight is 205 g/mol. The molecule has 1 aliphatic heterocycles. The molecule has 0 bridgehead atoms. The molecule has 1 aromatic carbocycles. The van der Waals surface area contributed by atoms with E-state index in [-0.39, 0.29) is 0 Å². The number of hydrogen-bond acceptors (Lipinski definition) is 3. The van der Waals surface area contributed by atoms with Crippen LogP contribution in [0.3, 0.4) is 0 Å². The van der Waals surface area contributed by atoms with Gasteiger partial charge in [-0.3, -0.25) is 4.79 Å². The molecule has 1 heterocycles. The Balaban J connectivity index is 1.91. The van der Waals surface area contributed by atoms with Gasteiger partial charge >= 0.3 is 6.47 Å². The minimum atomic E-state index is 0.503. The smallest absolute Gasteiger partial charge is 0.312 e. The molecule has 3 nitrogen and oxygen atoms in total. The SMILES string of the molecule is O=CON1CCC(c2ccccc2)CC1. The monoisotopic (exact) mass is 205 g/mol. The van der Waals surface area contributed by atoms with Gasteiger partial charge in [-0.05, 0) is 24.3 Å². The van der Waals surface area contributed by atoms with Crippen molar-refractivity contribution in [1.82, 2.24) is 5.06 Å². The summed E-state index contributed by atoms with van der Waals surface area (Å²) in [6.45, 7) is 2.17. The number of nitrogens with zero attached hydrogens (tertiary/aromatic N) is 1. The van der Waals surface area contributed by atoms with Crippen LogP contribution in [0, 0.1) is 0 Å². The van der Waals surface area contributed by atoms with Gasteiger partial charge < -0.3 is 4.84 Å². The molecule has 1 fully saturated rings. The minimum Gasteiger partial charge on any atom is -0.371 e. The van der Waals surface area contributed by atoms with Crippen LogP contribution in [0.15, 0.2) is 30.3 Å². The van der Waals surface area contributed by atoms with Gasteiger partial charge in [-0.2, -0.15) is 0 Å². The van der Waals surface area contributed by atoms with Gasteiger partial charge in [0.2, 0.25) is 0 Å². The maximum Gasteiger partial charge on any atom is 0.312 e. The van der Waals surface area contributed by atoms with E-state index in [9.17, 15) is 4.79 Å². The standard InChI is InChI=1S/C12H15NO2/c14-10-15-13-8-6-12(7-9-13)11-4-2-1-3-5-11/h1-5,10,12H,6-9H2. The van der Waals surface area contributed by atoms with Crippen LogP contribution in [0.4, 0.5) is 0 Å². The molecule has 0 radical (unpaired) electrons. The van der Waals surface area contributed by atoms with Crippen LogP contribution in [0.25, 0.3) is 0 Å². The summed E-state index contributed by atoms with van der Waals surface area (Å²) in [5, 5.41) is 1.73. The molecule has 0 unspecified atom stereocenters. The third-order valence-corrected chi connectivity index (χ3v) is 2.92. The molecule has 2 rings (SSSR count). The first-order chi connectivity index (χ1) is 7.40. The van der Waals surface area contributed by atoms with E-state index < -0.39 is 0 Å². The van der Waals surface area contributed by atoms with E-state index in [0.717, 1.165) is 25.9 Å². The Labute approximate surface area is 89.6 Å². The fraction of sp³-hybridized carbons (Fsp3) is 0.417. The van der Waals surface area contributed by atoms with E-state index in [1.54, 1.807) is 5.06 Å². The molecule has 0 spiro atoms. The Kier molecular flexibility index (Phi) is 3.35. The van der Waals surface area contributed by atoms with Crippen LogP contribution in [0.1, 0.15) is 24.3 Å². The third kappa shape index (κ3) is 2.57. The molecule has 1 aromatic rings. The fourth-order valence-electron chi connectivity index (χ4n) is 2.08. The summed E-state index contributed by atoms with van der Waals surface area (Å²) in [4.78, 5) is 15.0. The minimum absolute atomic E-state index is 0.503. The summed E-state index contributed by atoms with van der Waals surface area (Å²) >= 11 is 0. The largest absolute Gasteiger partial charge is 0.371 e. The van der Waals surface area contributed by atoms with Crippen molar-refractivity contribution < 1.29 is 9.63 Å². The van der Waals surface area contributed by atoms with Crippen molar-refractivity contribution in [2.75, 3.05) is 13.1 Å². The summed E-state index contributed by atoms with van der Waals surface area (Å²) in [6.07, 6.45) is 2.11. The summed E-state index contributed by atoms with van der Waals surface area (Å²) in [6, 6.07) is 10.5. The molecule has 0 saturated carbocycles. The van der Waals surface area contributed by atoms with Crippen LogP contribution in [0.2, 0.25) is 0 Å². The number of rotatable bonds is 3. The number of benzene rings is 1. The number of hydroxylamine groups is 2. The summed E-state index contributed by atoms with van der Waals surface area (Å²) < 4.78 is 0. The van der Waals surface area contributed by atoms with E-state index in [4.69, 9.17) is 4.84 Å². The lowest BCUT2D eigenvalue weighted by atomic mass is 9.90. The normalized spacial score (nSPS) is 18.7. The molecule has 0 aliphatic carbocycles. The molecule has 0 amide bonds. The first-order valence-corrected chi connectivity index (χ1v) is 5.30. The van der Waals surface area contributed by atoms with Crippen molar-refractivity contribution in [3.05, 3.63) is 35.9 Å². The van der Waals surface area contributed by atoms with E-state index in [1.165, 1.54) is 5.56 Å². The van der Waals surface area contributed by atoms with Crippen molar-refractivity contribution in [2.24, 2.45) is 0 Å². The zero-order valence-electron chi connectivity index (χ0n) is 8.63. The van der Waals surface area contributed by atoms with Crippen molar-refractivity contribution in [2.45, 2.75) is 18.8 Å². The Bertz CT molecular complexity index is 305. The molecule has 3 heteroatoms. The van der Waals surface area contributed by atoms with Crippen LogP contribution >= 0.6 is 0 Å². The third-order valence-electron chi connectivity index (χ3n) is 2.92. The fourth-order valence-corrected chi connectivity index (χ4v) is 2.08. The number of hydrogen-bond donors (Lipinski definition) is 0. The second-order valence-electron chi connectivity index (χ2n) is 3.82. The Morgan fingerprint density at radius 3 is 2.47 bits per heavy atom. The summed E-state index contributed by atoms with van der Waals surface area (Å²) in [7, 11) is 0. The van der Waals surface area contributed by atoms with Crippen molar-refractivity contribution in [1.29, 1.82) is 0 Å². The van der Waals surface area contributed by atoms with Gasteiger partial charge in [0.25, 0.3) is 0 Å². The molecule has 15 heavy (non-hydrogen) atoms. The maximum atomic E-state index is 10.2. The van der Waals surface area contributed by atoms with Gasteiger partial charge in [0.05, 0.1) is 0 Å². The molecule has 80 valence electrons. The Morgan fingerprint density at radius 1 is 1.20 bits per heavy atom. The van der Waals surface area contributed by atoms with Gasteiger partial charge in [-0.25, -0.2) is 0 Å². The lowest BCUT2D eigenvalue weighted by Crippen LogP contribution is -2.32. The molecule has 0 aromatic heterocycles. The highest BCUT2D eigenvalue weighted by atomic mass is 16.7. The van der Waals surface area contributed by atoms with Gasteiger partial charge in [0.15, 0.2) is 0 Å². The van der Waals surface area contributed by atoms with Crippen molar-refractivity contribution in [3.63, 3.8) is 0 Å². The molecule has 0 atom stereocenters. The second kappa shape index (κ2) is 4.94. The topological polar surface area (TPSA) is 29.5 Å². The van der Waals surface area contributed by atoms with Gasteiger partial charge in [0, 0.05) is 13.1 Å². The molecular weight excluding hydrogens is 190 g/mol. The van der Waals surface area contributed by atoms with E-state index in [1.807, 2.05) is 6.07 Å². The van der Waals surface area contributed by atoms with E-state index in [0.29, 0.717) is 12.4 Å². The first kappa shape index (κ1) is 10.2. The van der Waals surface area contributed by atoms with Crippen LogP contribution < -0.4 is 0 Å². The van der Waals surface area contributed by atoms with Crippen LogP contribution in [-0.4, -0.2) is 24.6 Å². The predicted molar refractivity (Wildman–Crippen MR) is 57.1 cm³/mol. The van der Waals surface area contributed by atoms with Crippen LogP contribution in [-0.2, 0) is 9.63 Å². The Morgan fingerprint density at radius 2 is 1.87 bits per heavy atom. The number of piperidine rings is 1. The predicted octanol–water partition coefficient (Wildman–Crippen LogP) is 1.95. The van der Waals surface area contributed by atoms with E-state index >= 15 is 0 Å². The summed E-state index contributed by atoms with van der Waals surface area (Å²) in [5.74, 6) is 0.609. The maximum absolute atomic E-state index is 10.2. The zero-order valence-corrected chi connectivity index (χ0v) is 8.63. The lowest BCUT2D eigenvalue weighted by Gasteiger charge is -2.29. The first-order valence-electron chi connectivity index (χ1n) is 5.30. The summed E-state index contributed by atoms with van der Waals surface area (Å²) in [5.41, 5.74) is 1.39. The molecule has 1 aliphatic rings. The second-order valence-corrected chi connectivity index (χ2v) is 3.82. The van der Waals surface area contributed by atoms with Crippen molar-refractivity contribution in [3.8, 4) is 0 Å². The molecule has 1 saturated heterocycles. The molecular formula is C12H15NO2. The highest BCUT2D eigenvalue weighted by molar-refractivity contribution is 5.36. The highest BCUT2D eigenvalue weighted by Crippen LogP contribution is 2.27. The van der Waals surface area contributed by atoms with Gasteiger partial charge in [0.1, 0.15) is 0 Å². The van der Waals surface area contributed by atoms with E-state index in [2.05, 4.69) is 24.3 Å². The van der Waals surface area contributed by atoms with Gasteiger partial charge in [-0.1, -0.05) is 30.3 Å². The highest BCUT2D eigenvalue weighted by Gasteiger charge is 2.20. The number of carbonyl (C=O) groups excluding carboxylic acids is 1. The number of carbonyl (C=O) groups is 1. The quantitative estimate of drug-likeness (QED) is 0.706. The van der Waals surface area contributed by atoms with Crippen molar-refractivity contribution >= 4 is 6.47 Å². The lowest BCUT2D eigenvalue weighted by molar-refractivity contribution is -0.178. The average Bonchev–Trinajstić information content (AvgIpc) is 2.32. The molecule has 0 N–H and O–H groups in total. The Hall–Kier alpha value is -1.35. The van der Waals surface area contributed by atoms with Crippen LogP contribution in [0.5, 0.6) is 0 Å². The van der Waals surface area contributed by atoms with Gasteiger partial charge in [-0.15, -0.1) is 5.06 Å². The zero-order chi connectivity index (χ0) is 10.5.